The van der Waals surface area contributed by atoms with Gasteiger partial charge in [0.1, 0.15) is 0 Å². The number of benzene rings is 1. The lowest BCUT2D eigenvalue weighted by molar-refractivity contribution is -0.117. The van der Waals surface area contributed by atoms with Crippen LogP contribution in [0, 0.1) is 0 Å². The molecule has 0 atom stereocenters. The number of hydrogen-bond donors (Lipinski definition) is 1. The first-order valence-corrected chi connectivity index (χ1v) is 6.24. The van der Waals surface area contributed by atoms with E-state index in [1.54, 1.807) is 4.90 Å². The van der Waals surface area contributed by atoms with E-state index in [-0.39, 0.29) is 11.4 Å². The molecule has 0 aliphatic carbocycles. The van der Waals surface area contributed by atoms with E-state index in [0.717, 1.165) is 17.9 Å². The van der Waals surface area contributed by atoms with Gasteiger partial charge in [-0.2, -0.15) is 0 Å². The number of carbonyl (C=O) groups is 1. The molecule has 0 aromatic heterocycles. The Morgan fingerprint density at radius 3 is 2.50 bits per heavy atom. The molecule has 1 heterocycles. The Hall–Kier alpha value is -1.55. The first kappa shape index (κ1) is 12.9. The summed E-state index contributed by atoms with van der Waals surface area (Å²) in [5.74, 6) is 0.139. The molecule has 18 heavy (non-hydrogen) atoms. The van der Waals surface area contributed by atoms with Crippen molar-refractivity contribution < 1.29 is 4.79 Å². The summed E-state index contributed by atoms with van der Waals surface area (Å²) >= 11 is 0. The molecule has 0 fully saturated rings. The molecule has 1 N–H and O–H groups in total. The van der Waals surface area contributed by atoms with Gasteiger partial charge in [0.25, 0.3) is 0 Å². The van der Waals surface area contributed by atoms with Crippen LogP contribution in [0.5, 0.6) is 0 Å². The van der Waals surface area contributed by atoms with Gasteiger partial charge in [-0.3, -0.25) is 4.79 Å². The molecule has 4 heteroatoms. The van der Waals surface area contributed by atoms with E-state index in [4.69, 9.17) is 0 Å². The van der Waals surface area contributed by atoms with Crippen LogP contribution in [0.15, 0.2) is 24.3 Å². The van der Waals surface area contributed by atoms with Crippen molar-refractivity contribution in [1.82, 2.24) is 5.32 Å². The number of amides is 1. The van der Waals surface area contributed by atoms with Crippen LogP contribution in [0.3, 0.4) is 0 Å². The molecule has 0 saturated heterocycles. The van der Waals surface area contributed by atoms with Crippen LogP contribution in [0.4, 0.5) is 11.4 Å². The standard InChI is InChI=1S/C14H21N3O/c1-14(2,15-3)10-17-9-13(18)16(4)11-7-5-6-8-12(11)17/h5-8,15H,9-10H2,1-4H3. The summed E-state index contributed by atoms with van der Waals surface area (Å²) in [6.45, 7) is 5.52. The van der Waals surface area contributed by atoms with Crippen molar-refractivity contribution in [2.45, 2.75) is 19.4 Å². The maximum Gasteiger partial charge on any atom is 0.246 e. The summed E-state index contributed by atoms with van der Waals surface area (Å²) in [6.07, 6.45) is 0. The zero-order valence-corrected chi connectivity index (χ0v) is 11.5. The Morgan fingerprint density at radius 1 is 1.28 bits per heavy atom. The van der Waals surface area contributed by atoms with Gasteiger partial charge in [0.15, 0.2) is 0 Å². The number of hydrogen-bond acceptors (Lipinski definition) is 3. The van der Waals surface area contributed by atoms with E-state index >= 15 is 0 Å². The number of fused-ring (bicyclic) bond motifs is 1. The van der Waals surface area contributed by atoms with E-state index in [1.807, 2.05) is 32.3 Å². The highest BCUT2D eigenvalue weighted by atomic mass is 16.2. The van der Waals surface area contributed by atoms with Crippen molar-refractivity contribution in [2.75, 3.05) is 37.0 Å². The van der Waals surface area contributed by atoms with Crippen molar-refractivity contribution in [3.05, 3.63) is 24.3 Å². The van der Waals surface area contributed by atoms with Crippen LogP contribution >= 0.6 is 0 Å². The molecule has 1 aromatic rings. The summed E-state index contributed by atoms with van der Waals surface area (Å²) < 4.78 is 0. The largest absolute Gasteiger partial charge is 0.359 e. The normalized spacial score (nSPS) is 15.9. The fourth-order valence-electron chi connectivity index (χ4n) is 2.20. The second kappa shape index (κ2) is 4.61. The molecule has 0 spiro atoms. The molecule has 0 radical (unpaired) electrons. The SMILES string of the molecule is CNC(C)(C)CN1CC(=O)N(C)c2ccccc21. The molecule has 4 nitrogen and oxygen atoms in total. The summed E-state index contributed by atoms with van der Waals surface area (Å²) in [5.41, 5.74) is 2.09. The maximum atomic E-state index is 12.0. The van der Waals surface area contributed by atoms with E-state index in [0.29, 0.717) is 6.54 Å². The Kier molecular flexibility index (Phi) is 3.30. The number of anilines is 2. The molecule has 1 aliphatic rings. The third kappa shape index (κ3) is 2.34. The van der Waals surface area contributed by atoms with Gasteiger partial charge >= 0.3 is 0 Å². The van der Waals surface area contributed by atoms with Crippen molar-refractivity contribution >= 4 is 17.3 Å². The average Bonchev–Trinajstić information content (AvgIpc) is 2.35. The van der Waals surface area contributed by atoms with Gasteiger partial charge in [0, 0.05) is 19.1 Å². The summed E-state index contributed by atoms with van der Waals surface area (Å²) in [7, 11) is 3.78. The lowest BCUT2D eigenvalue weighted by Crippen LogP contribution is -2.52. The molecule has 98 valence electrons. The van der Waals surface area contributed by atoms with Crippen molar-refractivity contribution in [2.24, 2.45) is 0 Å². The third-order valence-corrected chi connectivity index (χ3v) is 3.55. The van der Waals surface area contributed by atoms with Crippen molar-refractivity contribution in [3.8, 4) is 0 Å². The van der Waals surface area contributed by atoms with E-state index in [2.05, 4.69) is 30.1 Å². The summed E-state index contributed by atoms with van der Waals surface area (Å²) in [6, 6.07) is 8.05. The van der Waals surface area contributed by atoms with Gasteiger partial charge in [-0.1, -0.05) is 12.1 Å². The number of likely N-dealkylation sites (N-methyl/N-ethyl adjacent to an activating group) is 2. The van der Waals surface area contributed by atoms with Crippen LogP contribution in [0.1, 0.15) is 13.8 Å². The number of nitrogens with zero attached hydrogens (tertiary/aromatic N) is 2. The molecule has 1 amide bonds. The smallest absolute Gasteiger partial charge is 0.246 e. The van der Waals surface area contributed by atoms with Crippen LogP contribution in [-0.4, -0.2) is 38.6 Å². The van der Waals surface area contributed by atoms with Gasteiger partial charge in [0.05, 0.1) is 17.9 Å². The number of nitrogens with one attached hydrogen (secondary N) is 1. The Bertz CT molecular complexity index is 456. The van der Waals surface area contributed by atoms with Gasteiger partial charge in [-0.05, 0) is 33.0 Å². The van der Waals surface area contributed by atoms with E-state index in [1.165, 1.54) is 0 Å². The second-order valence-electron chi connectivity index (χ2n) is 5.43. The first-order chi connectivity index (χ1) is 8.44. The topological polar surface area (TPSA) is 35.6 Å². The van der Waals surface area contributed by atoms with Gasteiger partial charge < -0.3 is 15.1 Å². The van der Waals surface area contributed by atoms with E-state index in [9.17, 15) is 4.79 Å². The minimum absolute atomic E-state index is 0.0245. The first-order valence-electron chi connectivity index (χ1n) is 6.24. The molecular formula is C14H21N3O. The maximum absolute atomic E-state index is 12.0. The molecule has 2 rings (SSSR count). The number of para-hydroxylation sites is 2. The monoisotopic (exact) mass is 247 g/mol. The molecule has 1 aromatic carbocycles. The highest BCUT2D eigenvalue weighted by Crippen LogP contribution is 2.32. The van der Waals surface area contributed by atoms with Gasteiger partial charge in [-0.25, -0.2) is 0 Å². The second-order valence-corrected chi connectivity index (χ2v) is 5.43. The van der Waals surface area contributed by atoms with Gasteiger partial charge in [0.2, 0.25) is 5.91 Å². The molecule has 0 unspecified atom stereocenters. The predicted molar refractivity (Wildman–Crippen MR) is 75.2 cm³/mol. The number of rotatable bonds is 3. The highest BCUT2D eigenvalue weighted by molar-refractivity contribution is 6.02. The van der Waals surface area contributed by atoms with Crippen molar-refractivity contribution in [3.63, 3.8) is 0 Å². The molecule has 0 saturated carbocycles. The Morgan fingerprint density at radius 2 is 1.89 bits per heavy atom. The highest BCUT2D eigenvalue weighted by Gasteiger charge is 2.29. The summed E-state index contributed by atoms with van der Waals surface area (Å²) in [4.78, 5) is 15.9. The quantitative estimate of drug-likeness (QED) is 0.878. The predicted octanol–water partition coefficient (Wildman–Crippen LogP) is 1.47. The Balaban J connectivity index is 2.33. The van der Waals surface area contributed by atoms with Crippen molar-refractivity contribution in [1.29, 1.82) is 0 Å². The molecular weight excluding hydrogens is 226 g/mol. The zero-order chi connectivity index (χ0) is 13.3. The summed E-state index contributed by atoms with van der Waals surface area (Å²) in [5, 5.41) is 3.28. The van der Waals surface area contributed by atoms with Crippen LogP contribution in [0.25, 0.3) is 0 Å². The molecule has 1 aliphatic heterocycles. The lowest BCUT2D eigenvalue weighted by Gasteiger charge is -2.39. The third-order valence-electron chi connectivity index (χ3n) is 3.55. The molecule has 0 bridgehead atoms. The minimum atomic E-state index is -0.0245. The Labute approximate surface area is 109 Å². The van der Waals surface area contributed by atoms with E-state index < -0.39 is 0 Å². The van der Waals surface area contributed by atoms with Crippen LogP contribution < -0.4 is 15.1 Å². The van der Waals surface area contributed by atoms with Gasteiger partial charge in [-0.15, -0.1) is 0 Å². The fourth-order valence-corrected chi connectivity index (χ4v) is 2.20. The average molecular weight is 247 g/mol. The van der Waals surface area contributed by atoms with Crippen LogP contribution in [-0.2, 0) is 4.79 Å². The number of carbonyl (C=O) groups excluding carboxylic acids is 1. The zero-order valence-electron chi connectivity index (χ0n) is 11.5. The van der Waals surface area contributed by atoms with Crippen LogP contribution in [0.2, 0.25) is 0 Å². The lowest BCUT2D eigenvalue weighted by atomic mass is 10.0. The fraction of sp³-hybridized carbons (Fsp3) is 0.500. The minimum Gasteiger partial charge on any atom is -0.359 e.